The minimum Gasteiger partial charge on any atom is -0.374 e. The molecule has 0 atom stereocenters. The van der Waals surface area contributed by atoms with E-state index in [1.807, 2.05) is 0 Å². The molecule has 1 aromatic rings. The maximum Gasteiger partial charge on any atom is 0.528 e. The van der Waals surface area contributed by atoms with E-state index < -0.39 is 8.80 Å². The Morgan fingerprint density at radius 1 is 1.25 bits per heavy atom. The molecule has 0 aliphatic heterocycles. The molecule has 1 heterocycles. The van der Waals surface area contributed by atoms with Crippen LogP contribution >= 0.6 is 0 Å². The Labute approximate surface area is 97.1 Å². The molecular weight excluding hydrogens is 224 g/mol. The monoisotopic (exact) mass is 242 g/mol. The fourth-order valence-corrected chi connectivity index (χ4v) is 1.89. The van der Waals surface area contributed by atoms with Gasteiger partial charge in [0.05, 0.1) is 0 Å². The van der Waals surface area contributed by atoms with Crippen molar-refractivity contribution in [1.82, 2.24) is 9.97 Å². The molecule has 0 bridgehead atoms. The maximum atomic E-state index is 4.96. The lowest BCUT2D eigenvalue weighted by Crippen LogP contribution is -2.40. The molecule has 90 valence electrons. The summed E-state index contributed by atoms with van der Waals surface area (Å²) < 4.78 is 14.9. The summed E-state index contributed by atoms with van der Waals surface area (Å²) in [5.74, 6) is 0.819. The third-order valence-electron chi connectivity index (χ3n) is 1.82. The molecular formula is C10H18N2O3Si. The first kappa shape index (κ1) is 14.8. The number of nitrogens with zero attached hydrogens (tertiary/aromatic N) is 1. The first-order valence-corrected chi connectivity index (χ1v) is 6.39. The summed E-state index contributed by atoms with van der Waals surface area (Å²) in [6, 6.07) is 0. The second kappa shape index (κ2) is 8.00. The van der Waals surface area contributed by atoms with Gasteiger partial charge in [-0.1, -0.05) is 13.2 Å². The molecule has 0 unspecified atom stereocenters. The van der Waals surface area contributed by atoms with Crippen LogP contribution < -0.4 is 0 Å². The fourth-order valence-electron chi connectivity index (χ4n) is 0.889. The van der Waals surface area contributed by atoms with Gasteiger partial charge in [-0.05, 0) is 11.8 Å². The number of rotatable bonds is 5. The summed E-state index contributed by atoms with van der Waals surface area (Å²) in [4.78, 5) is 6.72. The van der Waals surface area contributed by atoms with Gasteiger partial charge in [-0.3, -0.25) is 0 Å². The second-order valence-electron chi connectivity index (χ2n) is 2.60. The first-order chi connectivity index (χ1) is 7.67. The molecule has 0 aliphatic rings. The van der Waals surface area contributed by atoms with Gasteiger partial charge in [-0.15, -0.1) is 0 Å². The molecule has 0 amide bonds. The van der Waals surface area contributed by atoms with E-state index >= 15 is 0 Å². The molecule has 1 N–H and O–H groups in total. The lowest BCUT2D eigenvalue weighted by molar-refractivity contribution is 0.138. The summed E-state index contributed by atoms with van der Waals surface area (Å²) in [6.45, 7) is 7.04. The predicted octanol–water partition coefficient (Wildman–Crippen LogP) is 1.64. The molecule has 16 heavy (non-hydrogen) atoms. The van der Waals surface area contributed by atoms with Crippen molar-refractivity contribution in [3.63, 3.8) is 0 Å². The summed E-state index contributed by atoms with van der Waals surface area (Å²) in [5.41, 5.74) is 1.58. The van der Waals surface area contributed by atoms with Gasteiger partial charge in [0, 0.05) is 33.7 Å². The van der Waals surface area contributed by atoms with Crippen molar-refractivity contribution in [3.8, 4) is 0 Å². The first-order valence-electron chi connectivity index (χ1n) is 4.58. The van der Waals surface area contributed by atoms with Crippen molar-refractivity contribution in [2.75, 3.05) is 21.3 Å². The van der Waals surface area contributed by atoms with Gasteiger partial charge in [-0.25, -0.2) is 4.98 Å². The third kappa shape index (κ3) is 4.54. The highest BCUT2D eigenvalue weighted by molar-refractivity contribution is 6.66. The van der Waals surface area contributed by atoms with Crippen molar-refractivity contribution >= 4 is 14.9 Å². The summed E-state index contributed by atoms with van der Waals surface area (Å²) >= 11 is 0. The summed E-state index contributed by atoms with van der Waals surface area (Å²) in [7, 11) is 2.20. The van der Waals surface area contributed by atoms with E-state index in [9.17, 15) is 0 Å². The van der Waals surface area contributed by atoms with Crippen LogP contribution in [0.2, 0.25) is 0 Å². The summed E-state index contributed by atoms with van der Waals surface area (Å²) in [6.07, 6.45) is 5.12. The number of H-pyrrole nitrogens is 1. The topological polar surface area (TPSA) is 56.4 Å². The highest BCUT2D eigenvalue weighted by Crippen LogP contribution is 2.04. The van der Waals surface area contributed by atoms with Crippen LogP contribution in [0.3, 0.4) is 0 Å². The standard InChI is InChI=1S/C5H6N2.C5H12O3Si/c1-2-5-6-3-4-7-5;1-5-9(6-2,7-3)8-4/h2-4H,1H2,(H,6,7);5H,1H2,2-4H3. The van der Waals surface area contributed by atoms with Crippen molar-refractivity contribution in [1.29, 1.82) is 0 Å². The minimum absolute atomic E-state index is 0.819. The predicted molar refractivity (Wildman–Crippen MR) is 65.7 cm³/mol. The Hall–Kier alpha value is -1.21. The Morgan fingerprint density at radius 3 is 1.94 bits per heavy atom. The van der Waals surface area contributed by atoms with Crippen LogP contribution in [0.25, 0.3) is 6.08 Å². The minimum atomic E-state index is -2.43. The SMILES string of the molecule is C=C[Si](OC)(OC)OC.C=Cc1ncc[nH]1. The quantitative estimate of drug-likeness (QED) is 0.798. The van der Waals surface area contributed by atoms with Gasteiger partial charge in [0.2, 0.25) is 0 Å². The number of hydrogen-bond acceptors (Lipinski definition) is 4. The molecule has 0 spiro atoms. The fraction of sp³-hybridized carbons (Fsp3) is 0.300. The number of aromatic amines is 1. The molecule has 0 fully saturated rings. The van der Waals surface area contributed by atoms with Crippen LogP contribution in [0.1, 0.15) is 5.82 Å². The number of imidazole rings is 1. The molecule has 0 saturated heterocycles. The van der Waals surface area contributed by atoms with Gasteiger partial charge >= 0.3 is 8.80 Å². The van der Waals surface area contributed by atoms with Crippen molar-refractivity contribution < 1.29 is 13.3 Å². The molecule has 0 aliphatic carbocycles. The Bertz CT molecular complexity index is 289. The average molecular weight is 242 g/mol. The lowest BCUT2D eigenvalue weighted by Gasteiger charge is -2.19. The zero-order valence-corrected chi connectivity index (χ0v) is 10.9. The van der Waals surface area contributed by atoms with Gasteiger partial charge < -0.3 is 18.3 Å². The molecule has 0 aromatic carbocycles. The molecule has 6 heteroatoms. The zero-order chi connectivity index (χ0) is 12.4. The largest absolute Gasteiger partial charge is 0.528 e. The molecule has 1 aromatic heterocycles. The summed E-state index contributed by atoms with van der Waals surface area (Å²) in [5, 5.41) is 0. The van der Waals surface area contributed by atoms with Crippen LogP contribution in [0.15, 0.2) is 31.3 Å². The highest BCUT2D eigenvalue weighted by atomic mass is 28.4. The van der Waals surface area contributed by atoms with Crippen molar-refractivity contribution in [3.05, 3.63) is 37.1 Å². The van der Waals surface area contributed by atoms with E-state index in [0.29, 0.717) is 0 Å². The van der Waals surface area contributed by atoms with E-state index in [-0.39, 0.29) is 0 Å². The Morgan fingerprint density at radius 2 is 1.81 bits per heavy atom. The lowest BCUT2D eigenvalue weighted by atomic mass is 10.6. The Balaban J connectivity index is 0.000000288. The van der Waals surface area contributed by atoms with Crippen LogP contribution in [0, 0.1) is 0 Å². The highest BCUT2D eigenvalue weighted by Gasteiger charge is 2.33. The molecule has 5 nitrogen and oxygen atoms in total. The van der Waals surface area contributed by atoms with Crippen LogP contribution in [-0.4, -0.2) is 40.1 Å². The number of nitrogens with one attached hydrogen (secondary N) is 1. The van der Waals surface area contributed by atoms with Crippen molar-refractivity contribution in [2.45, 2.75) is 0 Å². The molecule has 0 radical (unpaired) electrons. The van der Waals surface area contributed by atoms with Gasteiger partial charge in [-0.2, -0.15) is 0 Å². The van der Waals surface area contributed by atoms with Crippen LogP contribution in [0.5, 0.6) is 0 Å². The zero-order valence-electron chi connectivity index (χ0n) is 9.90. The van der Waals surface area contributed by atoms with Crippen LogP contribution in [-0.2, 0) is 13.3 Å². The number of aromatic nitrogens is 2. The molecule has 1 rings (SSSR count). The van der Waals surface area contributed by atoms with E-state index in [1.54, 1.807) is 45.5 Å². The van der Waals surface area contributed by atoms with E-state index in [1.165, 1.54) is 0 Å². The smallest absolute Gasteiger partial charge is 0.374 e. The average Bonchev–Trinajstić information content (AvgIpc) is 2.86. The van der Waals surface area contributed by atoms with E-state index in [0.717, 1.165) is 5.82 Å². The second-order valence-corrected chi connectivity index (χ2v) is 5.44. The normalized spacial score (nSPS) is 10.2. The third-order valence-corrected chi connectivity index (χ3v) is 4.02. The van der Waals surface area contributed by atoms with E-state index in [4.69, 9.17) is 13.3 Å². The van der Waals surface area contributed by atoms with Crippen LogP contribution in [0.4, 0.5) is 0 Å². The van der Waals surface area contributed by atoms with Gasteiger partial charge in [0.15, 0.2) is 0 Å². The maximum absolute atomic E-state index is 4.96. The number of hydrogen-bond donors (Lipinski definition) is 1. The van der Waals surface area contributed by atoms with Crippen molar-refractivity contribution in [2.24, 2.45) is 0 Å². The molecule has 0 saturated carbocycles. The van der Waals surface area contributed by atoms with E-state index in [2.05, 4.69) is 23.1 Å². The Kier molecular flexibility index (Phi) is 7.39. The van der Waals surface area contributed by atoms with Gasteiger partial charge in [0.1, 0.15) is 5.82 Å². The van der Waals surface area contributed by atoms with Gasteiger partial charge in [0.25, 0.3) is 0 Å².